The SMILES string of the molecule is C[C@@H](NC(=S)Nc1ccc(F)cc1)[C@H](c1ccccc1)[NH+]1CC[NH+](C)CC1. The molecule has 4 nitrogen and oxygen atoms in total. The van der Waals surface area contributed by atoms with Gasteiger partial charge in [-0.25, -0.2) is 4.39 Å². The first kappa shape index (κ1) is 19.7. The number of likely N-dealkylation sites (N-methyl/N-ethyl adjacent to an activating group) is 1. The zero-order valence-corrected chi connectivity index (χ0v) is 16.8. The number of halogens is 1. The van der Waals surface area contributed by atoms with E-state index in [2.05, 4.69) is 54.9 Å². The van der Waals surface area contributed by atoms with E-state index in [1.807, 2.05) is 0 Å². The van der Waals surface area contributed by atoms with Crippen molar-refractivity contribution >= 4 is 23.0 Å². The zero-order chi connectivity index (χ0) is 19.2. The van der Waals surface area contributed by atoms with Crippen molar-refractivity contribution in [1.29, 1.82) is 0 Å². The molecule has 0 spiro atoms. The van der Waals surface area contributed by atoms with E-state index in [1.165, 1.54) is 30.8 Å². The maximum absolute atomic E-state index is 13.1. The molecule has 2 aromatic carbocycles. The Morgan fingerprint density at radius 3 is 2.26 bits per heavy atom. The summed E-state index contributed by atoms with van der Waals surface area (Å²) in [4.78, 5) is 3.19. The van der Waals surface area contributed by atoms with Gasteiger partial charge in [-0.15, -0.1) is 0 Å². The number of quaternary nitrogens is 2. The molecule has 0 saturated carbocycles. The monoisotopic (exact) mass is 388 g/mol. The van der Waals surface area contributed by atoms with Gasteiger partial charge in [-0.1, -0.05) is 30.3 Å². The summed E-state index contributed by atoms with van der Waals surface area (Å²) >= 11 is 5.51. The molecule has 0 radical (unpaired) electrons. The Labute approximate surface area is 166 Å². The molecule has 2 aromatic rings. The molecule has 144 valence electrons. The molecule has 4 N–H and O–H groups in total. The standard InChI is InChI=1S/C21H27FN4S/c1-16(23-21(27)24-19-10-8-18(22)9-11-19)20(17-6-4-3-5-7-17)26-14-12-25(2)13-15-26/h3-11,16,20H,12-15H2,1-2H3,(H2,23,24,27)/p+2/t16-,20-/m1/s1. The van der Waals surface area contributed by atoms with E-state index in [1.54, 1.807) is 21.9 Å². The first-order valence-corrected chi connectivity index (χ1v) is 9.97. The summed E-state index contributed by atoms with van der Waals surface area (Å²) in [5.74, 6) is -0.252. The molecule has 0 aliphatic carbocycles. The smallest absolute Gasteiger partial charge is 0.171 e. The van der Waals surface area contributed by atoms with Crippen molar-refractivity contribution in [2.75, 3.05) is 38.5 Å². The highest BCUT2D eigenvalue weighted by Crippen LogP contribution is 2.14. The van der Waals surface area contributed by atoms with Crippen LogP contribution < -0.4 is 20.4 Å². The van der Waals surface area contributed by atoms with Crippen LogP contribution in [0.3, 0.4) is 0 Å². The Balaban J connectivity index is 1.69. The molecule has 0 amide bonds. The number of benzene rings is 2. The molecular formula is C21H29FN4S+2. The highest BCUT2D eigenvalue weighted by molar-refractivity contribution is 7.80. The summed E-state index contributed by atoms with van der Waals surface area (Å²) in [5, 5.41) is 7.17. The molecule has 27 heavy (non-hydrogen) atoms. The molecule has 0 aromatic heterocycles. The molecule has 6 heteroatoms. The van der Waals surface area contributed by atoms with Crippen LogP contribution in [0.1, 0.15) is 18.5 Å². The van der Waals surface area contributed by atoms with Gasteiger partial charge >= 0.3 is 0 Å². The fourth-order valence-corrected chi connectivity index (χ4v) is 4.14. The largest absolute Gasteiger partial charge is 0.354 e. The molecular weight excluding hydrogens is 359 g/mol. The molecule has 0 unspecified atom stereocenters. The Kier molecular flexibility index (Phi) is 6.77. The van der Waals surface area contributed by atoms with Crippen molar-refractivity contribution < 1.29 is 14.2 Å². The molecule has 2 atom stereocenters. The van der Waals surface area contributed by atoms with E-state index < -0.39 is 0 Å². The van der Waals surface area contributed by atoms with Gasteiger partial charge in [-0.2, -0.15) is 0 Å². The third-order valence-electron chi connectivity index (χ3n) is 5.31. The summed E-state index contributed by atoms with van der Waals surface area (Å²) in [6.45, 7) is 6.85. The number of rotatable bonds is 5. The minimum Gasteiger partial charge on any atom is -0.354 e. The zero-order valence-electron chi connectivity index (χ0n) is 16.0. The highest BCUT2D eigenvalue weighted by atomic mass is 32.1. The van der Waals surface area contributed by atoms with Gasteiger partial charge in [0.2, 0.25) is 0 Å². The third-order valence-corrected chi connectivity index (χ3v) is 5.53. The maximum Gasteiger partial charge on any atom is 0.171 e. The Morgan fingerprint density at radius 1 is 1.00 bits per heavy atom. The number of nitrogens with one attached hydrogen (secondary N) is 4. The first-order valence-electron chi connectivity index (χ1n) is 9.57. The molecule has 1 aliphatic rings. The van der Waals surface area contributed by atoms with Gasteiger partial charge in [0, 0.05) is 11.3 Å². The van der Waals surface area contributed by atoms with Crippen LogP contribution in [0, 0.1) is 5.82 Å². The molecule has 1 heterocycles. The van der Waals surface area contributed by atoms with E-state index in [-0.39, 0.29) is 11.9 Å². The van der Waals surface area contributed by atoms with Crippen LogP contribution in [0.15, 0.2) is 54.6 Å². The van der Waals surface area contributed by atoms with Crippen molar-refractivity contribution in [3.8, 4) is 0 Å². The fourth-order valence-electron chi connectivity index (χ4n) is 3.84. The minimum atomic E-state index is -0.252. The van der Waals surface area contributed by atoms with E-state index in [0.29, 0.717) is 11.2 Å². The number of hydrogen-bond donors (Lipinski definition) is 4. The normalized spacial score (nSPS) is 21.9. The van der Waals surface area contributed by atoms with Gasteiger partial charge in [-0.3, -0.25) is 0 Å². The van der Waals surface area contributed by atoms with E-state index in [4.69, 9.17) is 12.2 Å². The lowest BCUT2D eigenvalue weighted by atomic mass is 9.98. The first-order chi connectivity index (χ1) is 13.0. The summed E-state index contributed by atoms with van der Waals surface area (Å²) in [6, 6.07) is 17.4. The van der Waals surface area contributed by atoms with Gasteiger partial charge in [-0.05, 0) is 43.4 Å². The average molecular weight is 389 g/mol. The van der Waals surface area contributed by atoms with Gasteiger partial charge in [0.25, 0.3) is 0 Å². The second kappa shape index (κ2) is 9.26. The Bertz CT molecular complexity index is 730. The van der Waals surface area contributed by atoms with Crippen LogP contribution in [-0.2, 0) is 0 Å². The van der Waals surface area contributed by atoms with E-state index in [0.717, 1.165) is 18.8 Å². The highest BCUT2D eigenvalue weighted by Gasteiger charge is 2.33. The summed E-state index contributed by atoms with van der Waals surface area (Å²) < 4.78 is 13.1. The molecule has 1 aliphatic heterocycles. The molecule has 3 rings (SSSR count). The van der Waals surface area contributed by atoms with Crippen molar-refractivity contribution in [3.05, 3.63) is 66.0 Å². The van der Waals surface area contributed by atoms with E-state index in [9.17, 15) is 4.39 Å². The van der Waals surface area contributed by atoms with Crippen LogP contribution in [0.4, 0.5) is 10.1 Å². The number of piperazine rings is 1. The molecule has 1 saturated heterocycles. The predicted molar refractivity (Wildman–Crippen MR) is 112 cm³/mol. The van der Waals surface area contributed by atoms with Crippen LogP contribution in [-0.4, -0.2) is 44.4 Å². The summed E-state index contributed by atoms with van der Waals surface area (Å²) in [7, 11) is 2.26. The lowest BCUT2D eigenvalue weighted by Gasteiger charge is -2.37. The topological polar surface area (TPSA) is 32.9 Å². The van der Waals surface area contributed by atoms with Crippen molar-refractivity contribution in [2.45, 2.75) is 19.0 Å². The summed E-state index contributed by atoms with van der Waals surface area (Å²) in [5.41, 5.74) is 2.12. The third kappa shape index (κ3) is 5.48. The second-order valence-corrected chi connectivity index (χ2v) is 7.81. The van der Waals surface area contributed by atoms with Crippen molar-refractivity contribution in [3.63, 3.8) is 0 Å². The minimum absolute atomic E-state index is 0.168. The molecule has 0 bridgehead atoms. The number of thiocarbonyl (C=S) groups is 1. The van der Waals surface area contributed by atoms with Crippen molar-refractivity contribution in [2.24, 2.45) is 0 Å². The average Bonchev–Trinajstić information content (AvgIpc) is 2.66. The molecule has 1 fully saturated rings. The quantitative estimate of drug-likeness (QED) is 0.568. The van der Waals surface area contributed by atoms with Crippen LogP contribution in [0.5, 0.6) is 0 Å². The van der Waals surface area contributed by atoms with Crippen LogP contribution >= 0.6 is 12.2 Å². The fraction of sp³-hybridized carbons (Fsp3) is 0.381. The number of anilines is 1. The van der Waals surface area contributed by atoms with Gasteiger partial charge in [0.05, 0.1) is 13.1 Å². The predicted octanol–water partition coefficient (Wildman–Crippen LogP) is 0.655. The summed E-state index contributed by atoms with van der Waals surface area (Å²) in [6.07, 6.45) is 0. The van der Waals surface area contributed by atoms with Crippen LogP contribution in [0.25, 0.3) is 0 Å². The van der Waals surface area contributed by atoms with Crippen LogP contribution in [0.2, 0.25) is 0 Å². The lowest BCUT2D eigenvalue weighted by Crippen LogP contribution is -3.27. The Hall–Kier alpha value is -2.02. The van der Waals surface area contributed by atoms with Gasteiger partial charge < -0.3 is 20.4 Å². The van der Waals surface area contributed by atoms with E-state index >= 15 is 0 Å². The second-order valence-electron chi connectivity index (χ2n) is 7.40. The van der Waals surface area contributed by atoms with Gasteiger partial charge in [0.15, 0.2) is 5.11 Å². The lowest BCUT2D eigenvalue weighted by molar-refractivity contribution is -1.02. The number of hydrogen-bond acceptors (Lipinski definition) is 1. The Morgan fingerprint density at radius 2 is 1.63 bits per heavy atom. The maximum atomic E-state index is 13.1. The van der Waals surface area contributed by atoms with Gasteiger partial charge in [0.1, 0.15) is 38.0 Å². The van der Waals surface area contributed by atoms with Crippen molar-refractivity contribution in [1.82, 2.24) is 5.32 Å².